The van der Waals surface area contributed by atoms with Crippen molar-refractivity contribution in [3.63, 3.8) is 0 Å². The zero-order valence-electron chi connectivity index (χ0n) is 16.5. The summed E-state index contributed by atoms with van der Waals surface area (Å²) in [7, 11) is 0. The van der Waals surface area contributed by atoms with E-state index in [1.165, 1.54) is 12.5 Å². The third-order valence-corrected chi connectivity index (χ3v) is 6.12. The van der Waals surface area contributed by atoms with Crippen LogP contribution in [0.3, 0.4) is 0 Å². The molecule has 0 spiro atoms. The van der Waals surface area contributed by atoms with Crippen molar-refractivity contribution < 1.29 is 9.18 Å². The molecule has 1 amide bonds. The van der Waals surface area contributed by atoms with Crippen LogP contribution in [0.2, 0.25) is 0 Å². The topological polar surface area (TPSA) is 36.4 Å². The highest BCUT2D eigenvalue weighted by Gasteiger charge is 2.34. The summed E-state index contributed by atoms with van der Waals surface area (Å²) >= 11 is 0. The third-order valence-electron chi connectivity index (χ3n) is 6.12. The first kappa shape index (κ1) is 19.1. The van der Waals surface area contributed by atoms with E-state index in [9.17, 15) is 9.18 Å². The predicted molar refractivity (Wildman–Crippen MR) is 107 cm³/mol. The Morgan fingerprint density at radius 2 is 1.89 bits per heavy atom. The number of halogens is 1. The molecule has 2 aromatic rings. The van der Waals surface area contributed by atoms with Crippen LogP contribution in [0.4, 0.5) is 4.39 Å². The number of benzene rings is 1. The Morgan fingerprint density at radius 3 is 2.64 bits per heavy atom. The van der Waals surface area contributed by atoms with E-state index in [0.717, 1.165) is 55.8 Å². The van der Waals surface area contributed by atoms with Gasteiger partial charge < -0.3 is 4.90 Å². The molecule has 0 bridgehead atoms. The largest absolute Gasteiger partial charge is 0.343 e. The zero-order chi connectivity index (χ0) is 19.5. The van der Waals surface area contributed by atoms with Crippen molar-refractivity contribution in [2.24, 2.45) is 0 Å². The molecule has 0 aliphatic carbocycles. The maximum atomic E-state index is 13.5. The Bertz CT molecular complexity index is 832. The molecule has 0 N–H and O–H groups in total. The Hall–Kier alpha value is -2.27. The first-order valence-electron chi connectivity index (χ1n) is 10.3. The molecule has 0 saturated carbocycles. The normalized spacial score (nSPS) is 21.2. The van der Waals surface area contributed by atoms with E-state index < -0.39 is 0 Å². The van der Waals surface area contributed by atoms with Crippen molar-refractivity contribution in [3.8, 4) is 0 Å². The van der Waals surface area contributed by atoms with Gasteiger partial charge in [0.25, 0.3) is 0 Å². The van der Waals surface area contributed by atoms with Crippen LogP contribution in [0, 0.1) is 5.82 Å². The number of carbonyl (C=O) groups excluding carboxylic acids is 1. The van der Waals surface area contributed by atoms with Crippen molar-refractivity contribution in [2.75, 3.05) is 19.6 Å². The summed E-state index contributed by atoms with van der Waals surface area (Å²) in [6.45, 7) is 4.48. The lowest BCUT2D eigenvalue weighted by Crippen LogP contribution is -2.46. The SMILES string of the molecule is CC(=O)N1CCC(N2CCCC2c2cccc(Cc3cccc(F)c3)n2)CC1. The van der Waals surface area contributed by atoms with E-state index >= 15 is 0 Å². The first-order chi connectivity index (χ1) is 13.6. The van der Waals surface area contributed by atoms with Gasteiger partial charge >= 0.3 is 0 Å². The highest BCUT2D eigenvalue weighted by Crippen LogP contribution is 2.35. The minimum atomic E-state index is -0.201. The fourth-order valence-corrected chi connectivity index (χ4v) is 4.69. The number of likely N-dealkylation sites (tertiary alicyclic amines) is 2. The molecule has 4 nitrogen and oxygen atoms in total. The fourth-order valence-electron chi connectivity index (χ4n) is 4.69. The van der Waals surface area contributed by atoms with Crippen molar-refractivity contribution in [1.82, 2.24) is 14.8 Å². The molecule has 4 rings (SSSR count). The Kier molecular flexibility index (Phi) is 5.72. The Labute approximate surface area is 166 Å². The van der Waals surface area contributed by atoms with Gasteiger partial charge in [-0.05, 0) is 62.1 Å². The van der Waals surface area contributed by atoms with Gasteiger partial charge in [-0.15, -0.1) is 0 Å². The predicted octanol–water partition coefficient (Wildman–Crippen LogP) is 3.96. The second-order valence-corrected chi connectivity index (χ2v) is 7.99. The molecular weight excluding hydrogens is 353 g/mol. The molecule has 2 aliphatic heterocycles. The van der Waals surface area contributed by atoms with Crippen molar-refractivity contribution >= 4 is 5.91 Å². The zero-order valence-corrected chi connectivity index (χ0v) is 16.5. The maximum absolute atomic E-state index is 13.5. The summed E-state index contributed by atoms with van der Waals surface area (Å²) in [5, 5.41) is 0. The molecule has 3 heterocycles. The van der Waals surface area contributed by atoms with Gasteiger partial charge in [0.15, 0.2) is 0 Å². The number of hydrogen-bond donors (Lipinski definition) is 0. The molecular formula is C23H28FN3O. The van der Waals surface area contributed by atoms with E-state index in [4.69, 9.17) is 4.98 Å². The van der Waals surface area contributed by atoms with Crippen molar-refractivity contribution in [1.29, 1.82) is 0 Å². The number of amides is 1. The number of rotatable bonds is 4. The molecule has 2 fully saturated rings. The smallest absolute Gasteiger partial charge is 0.219 e. The average molecular weight is 381 g/mol. The molecule has 1 atom stereocenters. The number of nitrogens with zero attached hydrogens (tertiary/aromatic N) is 3. The summed E-state index contributed by atoms with van der Waals surface area (Å²) in [4.78, 5) is 21.1. The lowest BCUT2D eigenvalue weighted by atomic mass is 10.0. The molecule has 0 radical (unpaired) electrons. The van der Waals surface area contributed by atoms with Gasteiger partial charge in [-0.3, -0.25) is 14.7 Å². The van der Waals surface area contributed by atoms with Crippen LogP contribution in [0.15, 0.2) is 42.5 Å². The summed E-state index contributed by atoms with van der Waals surface area (Å²) in [6.07, 6.45) is 5.05. The number of hydrogen-bond acceptors (Lipinski definition) is 3. The second-order valence-electron chi connectivity index (χ2n) is 7.99. The summed E-state index contributed by atoms with van der Waals surface area (Å²) < 4.78 is 13.5. The van der Waals surface area contributed by atoms with Crippen LogP contribution in [0.1, 0.15) is 55.6 Å². The van der Waals surface area contributed by atoms with E-state index in [2.05, 4.69) is 17.0 Å². The number of aromatic nitrogens is 1. The lowest BCUT2D eigenvalue weighted by molar-refractivity contribution is -0.130. The quantitative estimate of drug-likeness (QED) is 0.804. The van der Waals surface area contributed by atoms with Crippen molar-refractivity contribution in [3.05, 3.63) is 65.2 Å². The van der Waals surface area contributed by atoms with E-state index in [-0.39, 0.29) is 11.7 Å². The Balaban J connectivity index is 1.46. The molecule has 148 valence electrons. The summed E-state index contributed by atoms with van der Waals surface area (Å²) in [5.41, 5.74) is 3.06. The molecule has 5 heteroatoms. The van der Waals surface area contributed by atoms with Crippen LogP contribution < -0.4 is 0 Å². The molecule has 1 aromatic carbocycles. The van der Waals surface area contributed by atoms with Gasteiger partial charge in [0.1, 0.15) is 5.82 Å². The van der Waals surface area contributed by atoms with Crippen LogP contribution in [0.5, 0.6) is 0 Å². The number of pyridine rings is 1. The van der Waals surface area contributed by atoms with Gasteiger partial charge in [0.05, 0.1) is 11.7 Å². The lowest BCUT2D eigenvalue weighted by Gasteiger charge is -2.39. The van der Waals surface area contributed by atoms with E-state index in [1.807, 2.05) is 17.0 Å². The monoisotopic (exact) mass is 381 g/mol. The van der Waals surface area contributed by atoms with Crippen LogP contribution in [-0.4, -0.2) is 46.4 Å². The standard InChI is InChI=1S/C23H28FN3O/c1-17(28)26-13-10-21(11-14-26)27-12-4-9-23(27)22-8-3-7-20(25-22)16-18-5-2-6-19(24)15-18/h2-3,5-8,15,21,23H,4,9-14,16H2,1H3. The molecule has 2 saturated heterocycles. The number of piperidine rings is 1. The number of carbonyl (C=O) groups is 1. The van der Waals surface area contributed by atoms with Crippen LogP contribution in [0.25, 0.3) is 0 Å². The van der Waals surface area contributed by atoms with E-state index in [1.54, 1.807) is 19.1 Å². The molecule has 1 unspecified atom stereocenters. The highest BCUT2D eigenvalue weighted by atomic mass is 19.1. The summed E-state index contributed by atoms with van der Waals surface area (Å²) in [5.74, 6) is -0.0179. The van der Waals surface area contributed by atoms with Gasteiger partial charge in [0.2, 0.25) is 5.91 Å². The first-order valence-corrected chi connectivity index (χ1v) is 10.3. The molecule has 1 aromatic heterocycles. The van der Waals surface area contributed by atoms with Gasteiger partial charge in [0, 0.05) is 38.2 Å². The van der Waals surface area contributed by atoms with Gasteiger partial charge in [-0.25, -0.2) is 4.39 Å². The fraction of sp³-hybridized carbons (Fsp3) is 0.478. The minimum Gasteiger partial charge on any atom is -0.343 e. The highest BCUT2D eigenvalue weighted by molar-refractivity contribution is 5.73. The minimum absolute atomic E-state index is 0.183. The van der Waals surface area contributed by atoms with Crippen LogP contribution >= 0.6 is 0 Å². The van der Waals surface area contributed by atoms with Crippen molar-refractivity contribution in [2.45, 2.75) is 51.1 Å². The second kappa shape index (κ2) is 8.39. The Morgan fingerprint density at radius 1 is 1.11 bits per heavy atom. The van der Waals surface area contributed by atoms with Crippen LogP contribution in [-0.2, 0) is 11.2 Å². The van der Waals surface area contributed by atoms with Gasteiger partial charge in [-0.1, -0.05) is 18.2 Å². The summed E-state index contributed by atoms with van der Waals surface area (Å²) in [6, 6.07) is 13.9. The maximum Gasteiger partial charge on any atom is 0.219 e. The third kappa shape index (κ3) is 4.25. The average Bonchev–Trinajstić information content (AvgIpc) is 3.18. The molecule has 2 aliphatic rings. The molecule has 28 heavy (non-hydrogen) atoms. The van der Waals surface area contributed by atoms with E-state index in [0.29, 0.717) is 18.5 Å². The van der Waals surface area contributed by atoms with Gasteiger partial charge in [-0.2, -0.15) is 0 Å².